The first kappa shape index (κ1) is 21.9. The van der Waals surface area contributed by atoms with Crippen molar-refractivity contribution in [3.05, 3.63) is 76.7 Å². The summed E-state index contributed by atoms with van der Waals surface area (Å²) in [6.07, 6.45) is 7.52. The Bertz CT molecular complexity index is 1420. The molecule has 2 aliphatic carbocycles. The van der Waals surface area contributed by atoms with Crippen molar-refractivity contribution in [3.8, 4) is 6.01 Å². The Morgan fingerprint density at radius 3 is 2.74 bits per heavy atom. The van der Waals surface area contributed by atoms with Gasteiger partial charge in [-0.1, -0.05) is 29.8 Å². The van der Waals surface area contributed by atoms with E-state index in [0.717, 1.165) is 23.3 Å². The standard InChI is InChI=1S/C26H25ClN6O2/c1-35-26-31-22(28-12-19-14-33-13-17(15-5-6-15)7-8-24(33)29-19)11-23(32-26)30-25(34)21-10-20(21)16-3-2-4-18(27)9-16/h2-4,7-9,11,13-15,20-21H,5-6,10,12H2,1H3,(H2,28,30,31,32,34). The number of methoxy groups -OCH3 is 1. The molecule has 35 heavy (non-hydrogen) atoms. The molecule has 2 atom stereocenters. The summed E-state index contributed by atoms with van der Waals surface area (Å²) < 4.78 is 7.32. The van der Waals surface area contributed by atoms with Crippen molar-refractivity contribution in [3.63, 3.8) is 0 Å². The van der Waals surface area contributed by atoms with Gasteiger partial charge < -0.3 is 19.8 Å². The normalized spacial score (nSPS) is 18.9. The number of carbonyl (C=O) groups excluding carboxylic acids is 1. The summed E-state index contributed by atoms with van der Waals surface area (Å²) in [4.78, 5) is 26.2. The highest BCUT2D eigenvalue weighted by atomic mass is 35.5. The lowest BCUT2D eigenvalue weighted by molar-refractivity contribution is -0.117. The van der Waals surface area contributed by atoms with Crippen LogP contribution in [0.4, 0.5) is 11.6 Å². The molecule has 0 bridgehead atoms. The second-order valence-electron chi connectivity index (χ2n) is 9.21. The summed E-state index contributed by atoms with van der Waals surface area (Å²) in [7, 11) is 1.50. The molecule has 178 valence electrons. The molecule has 6 rings (SSSR count). The molecular formula is C26H25ClN6O2. The van der Waals surface area contributed by atoms with Crippen LogP contribution in [0.5, 0.6) is 6.01 Å². The average Bonchev–Trinajstić information content (AvgIpc) is 3.78. The topological polar surface area (TPSA) is 93.4 Å². The SMILES string of the molecule is COc1nc(NCc2cn3cc(C4CC4)ccc3n2)cc(NC(=O)C2CC2c2cccc(Cl)c2)n1. The van der Waals surface area contributed by atoms with Crippen molar-refractivity contribution in [2.24, 2.45) is 5.92 Å². The fourth-order valence-corrected chi connectivity index (χ4v) is 4.67. The highest BCUT2D eigenvalue weighted by molar-refractivity contribution is 6.30. The molecule has 2 N–H and O–H groups in total. The van der Waals surface area contributed by atoms with Gasteiger partial charge >= 0.3 is 6.01 Å². The van der Waals surface area contributed by atoms with Crippen molar-refractivity contribution in [1.29, 1.82) is 0 Å². The number of nitrogens with zero attached hydrogens (tertiary/aromatic N) is 4. The van der Waals surface area contributed by atoms with Gasteiger partial charge in [-0.05, 0) is 60.4 Å². The van der Waals surface area contributed by atoms with E-state index in [4.69, 9.17) is 16.3 Å². The lowest BCUT2D eigenvalue weighted by atomic mass is 10.1. The lowest BCUT2D eigenvalue weighted by Gasteiger charge is -2.09. The zero-order chi connectivity index (χ0) is 23.9. The fraction of sp³-hybridized carbons (Fsp3) is 0.308. The van der Waals surface area contributed by atoms with E-state index in [9.17, 15) is 4.79 Å². The number of anilines is 2. The summed E-state index contributed by atoms with van der Waals surface area (Å²) in [5.41, 5.74) is 4.25. The van der Waals surface area contributed by atoms with E-state index in [2.05, 4.69) is 48.3 Å². The largest absolute Gasteiger partial charge is 0.467 e. The molecule has 2 unspecified atom stereocenters. The molecule has 1 amide bonds. The Labute approximate surface area is 207 Å². The molecule has 8 nitrogen and oxygen atoms in total. The van der Waals surface area contributed by atoms with Gasteiger partial charge in [0.05, 0.1) is 19.3 Å². The van der Waals surface area contributed by atoms with E-state index in [-0.39, 0.29) is 23.8 Å². The summed E-state index contributed by atoms with van der Waals surface area (Å²) in [6, 6.07) is 13.8. The second kappa shape index (κ2) is 8.85. The molecule has 9 heteroatoms. The number of carbonyl (C=O) groups is 1. The highest BCUT2D eigenvalue weighted by Crippen LogP contribution is 2.48. The summed E-state index contributed by atoms with van der Waals surface area (Å²) in [5.74, 6) is 1.63. The quantitative estimate of drug-likeness (QED) is 0.362. The van der Waals surface area contributed by atoms with Gasteiger partial charge in [0.25, 0.3) is 0 Å². The van der Waals surface area contributed by atoms with Gasteiger partial charge in [-0.15, -0.1) is 0 Å². The van der Waals surface area contributed by atoms with E-state index in [1.807, 2.05) is 30.5 Å². The van der Waals surface area contributed by atoms with Crippen LogP contribution in [0, 0.1) is 5.92 Å². The van der Waals surface area contributed by atoms with Gasteiger partial charge in [0, 0.05) is 29.4 Å². The minimum absolute atomic E-state index is 0.0755. The van der Waals surface area contributed by atoms with Crippen LogP contribution in [-0.4, -0.2) is 32.4 Å². The summed E-state index contributed by atoms with van der Waals surface area (Å²) >= 11 is 6.10. The monoisotopic (exact) mass is 488 g/mol. The van der Waals surface area contributed by atoms with Crippen LogP contribution in [0.3, 0.4) is 0 Å². The maximum atomic E-state index is 12.8. The molecule has 0 spiro atoms. The molecule has 2 fully saturated rings. The number of hydrogen-bond acceptors (Lipinski definition) is 6. The van der Waals surface area contributed by atoms with E-state index in [0.29, 0.717) is 29.1 Å². The van der Waals surface area contributed by atoms with Gasteiger partial charge in [-0.2, -0.15) is 9.97 Å². The minimum Gasteiger partial charge on any atom is -0.467 e. The number of benzene rings is 1. The Hall–Kier alpha value is -3.65. The van der Waals surface area contributed by atoms with Gasteiger partial charge in [0.1, 0.15) is 17.3 Å². The third-order valence-electron chi connectivity index (χ3n) is 6.57. The lowest BCUT2D eigenvalue weighted by Crippen LogP contribution is -2.16. The third-order valence-corrected chi connectivity index (χ3v) is 6.80. The molecule has 2 saturated carbocycles. The maximum absolute atomic E-state index is 12.8. The number of rotatable bonds is 8. The van der Waals surface area contributed by atoms with Gasteiger partial charge in [-0.25, -0.2) is 4.98 Å². The van der Waals surface area contributed by atoms with Crippen molar-refractivity contribution < 1.29 is 9.53 Å². The van der Waals surface area contributed by atoms with Crippen LogP contribution in [-0.2, 0) is 11.3 Å². The molecule has 0 aliphatic heterocycles. The molecule has 3 aromatic heterocycles. The van der Waals surface area contributed by atoms with Gasteiger partial charge in [-0.3, -0.25) is 4.79 Å². The van der Waals surface area contributed by atoms with E-state index in [1.165, 1.54) is 25.5 Å². The average molecular weight is 489 g/mol. The number of fused-ring (bicyclic) bond motifs is 1. The summed E-state index contributed by atoms with van der Waals surface area (Å²) in [5, 5.41) is 6.87. The van der Waals surface area contributed by atoms with Crippen molar-refractivity contribution in [2.45, 2.75) is 37.6 Å². The molecular weight excluding hydrogens is 464 g/mol. The number of hydrogen-bond donors (Lipinski definition) is 2. The van der Waals surface area contributed by atoms with Crippen LogP contribution in [0.2, 0.25) is 5.02 Å². The molecule has 0 saturated heterocycles. The number of amides is 1. The fourth-order valence-electron chi connectivity index (χ4n) is 4.47. The number of pyridine rings is 1. The first-order valence-electron chi connectivity index (χ1n) is 11.8. The van der Waals surface area contributed by atoms with E-state index >= 15 is 0 Å². The van der Waals surface area contributed by atoms with Crippen molar-refractivity contribution in [1.82, 2.24) is 19.4 Å². The molecule has 2 aliphatic rings. The van der Waals surface area contributed by atoms with Crippen LogP contribution in [0.1, 0.15) is 47.9 Å². The Morgan fingerprint density at radius 1 is 1.09 bits per heavy atom. The van der Waals surface area contributed by atoms with E-state index < -0.39 is 0 Å². The first-order chi connectivity index (χ1) is 17.1. The summed E-state index contributed by atoms with van der Waals surface area (Å²) in [6.45, 7) is 0.480. The minimum atomic E-state index is -0.107. The zero-order valence-electron chi connectivity index (χ0n) is 19.2. The zero-order valence-corrected chi connectivity index (χ0v) is 20.0. The smallest absolute Gasteiger partial charge is 0.320 e. The number of imidazole rings is 1. The van der Waals surface area contributed by atoms with Crippen molar-refractivity contribution in [2.75, 3.05) is 17.7 Å². The number of halogens is 1. The first-order valence-corrected chi connectivity index (χ1v) is 12.1. The second-order valence-corrected chi connectivity index (χ2v) is 9.64. The van der Waals surface area contributed by atoms with Crippen LogP contribution >= 0.6 is 11.6 Å². The maximum Gasteiger partial charge on any atom is 0.320 e. The number of ether oxygens (including phenoxy) is 1. The Morgan fingerprint density at radius 2 is 1.94 bits per heavy atom. The molecule has 4 aromatic rings. The predicted molar refractivity (Wildman–Crippen MR) is 134 cm³/mol. The highest BCUT2D eigenvalue weighted by Gasteiger charge is 2.44. The molecule has 3 heterocycles. The molecule has 0 radical (unpaired) electrons. The number of aromatic nitrogens is 4. The predicted octanol–water partition coefficient (Wildman–Crippen LogP) is 5.02. The molecule has 1 aromatic carbocycles. The van der Waals surface area contributed by atoms with Gasteiger partial charge in [0.2, 0.25) is 5.91 Å². The van der Waals surface area contributed by atoms with Crippen LogP contribution in [0.25, 0.3) is 5.65 Å². The van der Waals surface area contributed by atoms with Crippen molar-refractivity contribution >= 4 is 34.8 Å². The number of nitrogens with one attached hydrogen (secondary N) is 2. The Balaban J connectivity index is 1.12. The van der Waals surface area contributed by atoms with E-state index in [1.54, 1.807) is 6.07 Å². The Kier molecular flexibility index (Phi) is 5.53. The van der Waals surface area contributed by atoms with Crippen LogP contribution in [0.15, 0.2) is 54.9 Å². The van der Waals surface area contributed by atoms with Gasteiger partial charge in [0.15, 0.2) is 0 Å². The van der Waals surface area contributed by atoms with Crippen LogP contribution < -0.4 is 15.4 Å². The third kappa shape index (κ3) is 4.79.